The first-order chi connectivity index (χ1) is 19.4. The predicted octanol–water partition coefficient (Wildman–Crippen LogP) is 2.07. The van der Waals surface area contributed by atoms with Crippen LogP contribution in [0.5, 0.6) is 5.75 Å². The van der Waals surface area contributed by atoms with Crippen molar-refractivity contribution in [1.82, 2.24) is 14.9 Å². The van der Waals surface area contributed by atoms with Crippen LogP contribution in [0.1, 0.15) is 49.2 Å². The van der Waals surface area contributed by atoms with Crippen LogP contribution in [0.25, 0.3) is 11.0 Å². The van der Waals surface area contributed by atoms with E-state index in [-0.39, 0.29) is 48.1 Å². The summed E-state index contributed by atoms with van der Waals surface area (Å²) in [6, 6.07) is 7.36. The van der Waals surface area contributed by atoms with Gasteiger partial charge in [-0.25, -0.2) is 8.42 Å². The fourth-order valence-corrected chi connectivity index (χ4v) is 6.42. The number of carbonyl (C=O) groups is 3. The van der Waals surface area contributed by atoms with Gasteiger partial charge < -0.3 is 25.0 Å². The van der Waals surface area contributed by atoms with E-state index in [2.05, 4.69) is 10.6 Å². The lowest BCUT2D eigenvalue weighted by Gasteiger charge is -2.23. The fraction of sp³-hybridized carbons (Fsp3) is 0.429. The molecule has 1 saturated heterocycles. The number of nitrogens with zero attached hydrogens (tertiary/aromatic N) is 2. The topological polar surface area (TPSA) is 162 Å². The Bertz CT molecular complexity index is 1570. The van der Waals surface area contributed by atoms with Gasteiger partial charge in [-0.2, -0.15) is 9.04 Å². The molecule has 3 heterocycles. The second-order valence-corrected chi connectivity index (χ2v) is 12.3. The minimum atomic E-state index is -4.15. The minimum absolute atomic E-state index is 0.0142. The Balaban J connectivity index is 1.49. The maximum Gasteiger partial charge on any atom is 0.323 e. The maximum atomic E-state index is 13.4. The number of rotatable bonds is 9. The average Bonchev–Trinajstić information content (AvgIpc) is 3.16. The number of methoxy groups -OCH3 is 1. The number of carbonyl (C=O) groups excluding carboxylic acids is 3. The number of Topliss-reactive ketones (excluding diaryl/α,β-unsaturated/α-hetero) is 1. The molecule has 3 aromatic rings. The number of nitrogens with one attached hydrogen (secondary N) is 2. The van der Waals surface area contributed by atoms with E-state index in [1.54, 1.807) is 25.1 Å². The van der Waals surface area contributed by atoms with Gasteiger partial charge in [-0.3, -0.25) is 14.4 Å². The monoisotopic (exact) mass is 586 g/mol. The lowest BCUT2D eigenvalue weighted by molar-refractivity contribution is -0.646. The predicted molar refractivity (Wildman–Crippen MR) is 149 cm³/mol. The highest BCUT2D eigenvalue weighted by atomic mass is 32.2. The van der Waals surface area contributed by atoms with Gasteiger partial charge in [0.15, 0.2) is 17.7 Å². The number of hydrogen-bond acceptors (Lipinski definition) is 8. The summed E-state index contributed by atoms with van der Waals surface area (Å²) in [5.74, 6) is -0.853. The van der Waals surface area contributed by atoms with E-state index in [9.17, 15) is 28.0 Å². The molecule has 0 bridgehead atoms. The Kier molecular flexibility index (Phi) is 8.98. The highest BCUT2D eigenvalue weighted by Crippen LogP contribution is 2.33. The first kappa shape index (κ1) is 30.0. The summed E-state index contributed by atoms with van der Waals surface area (Å²) in [6.07, 6.45) is 1.25. The van der Waals surface area contributed by atoms with E-state index >= 15 is 0 Å². The van der Waals surface area contributed by atoms with Crippen molar-refractivity contribution in [3.8, 4) is 5.75 Å². The first-order valence-electron chi connectivity index (χ1n) is 13.3. The Morgan fingerprint density at radius 1 is 1.20 bits per heavy atom. The highest BCUT2D eigenvalue weighted by Gasteiger charge is 2.36. The number of benzene rings is 1. The number of sulfonamides is 1. The summed E-state index contributed by atoms with van der Waals surface area (Å²) in [5, 5.41) is 17.7. The molecule has 1 aliphatic rings. The molecule has 41 heavy (non-hydrogen) atoms. The number of ketones is 1. The third kappa shape index (κ3) is 6.35. The van der Waals surface area contributed by atoms with Crippen LogP contribution < -0.4 is 20.1 Å². The number of aryl methyl sites for hydroxylation is 1. The molecule has 12 nitrogen and oxygen atoms in total. The molecule has 0 aliphatic carbocycles. The molecule has 2 aromatic heterocycles. The number of ether oxygens (including phenoxy) is 1. The molecular weight excluding hydrogens is 552 g/mol. The first-order valence-corrected chi connectivity index (χ1v) is 14.8. The molecule has 0 radical (unpaired) electrons. The van der Waals surface area contributed by atoms with Gasteiger partial charge >= 0.3 is 15.0 Å². The molecular formula is C28H34N4O8S. The van der Waals surface area contributed by atoms with E-state index in [1.807, 2.05) is 13.8 Å². The van der Waals surface area contributed by atoms with E-state index in [0.717, 1.165) is 10.5 Å². The van der Waals surface area contributed by atoms with Crippen molar-refractivity contribution in [2.45, 2.75) is 57.1 Å². The quantitative estimate of drug-likeness (QED) is 0.284. The SMILES string of the molecule is COc1cccc2oc(C(=O)NC(CC(C)C)C(=O)N[C@H]3CCN(S(=O)(=O)c4cccc[n+]4[O-])CCC3=O)c(C)c12. The zero-order valence-electron chi connectivity index (χ0n) is 23.4. The Morgan fingerprint density at radius 3 is 2.63 bits per heavy atom. The van der Waals surface area contributed by atoms with Crippen LogP contribution in [0, 0.1) is 18.0 Å². The van der Waals surface area contributed by atoms with Crippen molar-refractivity contribution in [2.24, 2.45) is 5.92 Å². The third-order valence-corrected chi connectivity index (χ3v) is 8.93. The summed E-state index contributed by atoms with van der Waals surface area (Å²) in [6.45, 7) is 5.33. The van der Waals surface area contributed by atoms with E-state index < -0.39 is 38.9 Å². The van der Waals surface area contributed by atoms with Crippen molar-refractivity contribution >= 4 is 38.6 Å². The smallest absolute Gasteiger partial charge is 0.323 e. The number of furan rings is 1. The zero-order chi connectivity index (χ0) is 29.9. The molecule has 1 aromatic carbocycles. The van der Waals surface area contributed by atoms with Crippen LogP contribution in [0.15, 0.2) is 52.0 Å². The van der Waals surface area contributed by atoms with E-state index in [4.69, 9.17) is 9.15 Å². The third-order valence-electron chi connectivity index (χ3n) is 7.04. The maximum absolute atomic E-state index is 13.4. The van der Waals surface area contributed by atoms with Crippen LogP contribution in [0.4, 0.5) is 0 Å². The van der Waals surface area contributed by atoms with Gasteiger partial charge in [0.2, 0.25) is 5.91 Å². The van der Waals surface area contributed by atoms with Crippen LogP contribution in [-0.2, 0) is 19.6 Å². The molecule has 0 spiro atoms. The van der Waals surface area contributed by atoms with Crippen LogP contribution in [-0.4, -0.2) is 62.6 Å². The van der Waals surface area contributed by atoms with Crippen molar-refractivity contribution < 1.29 is 36.7 Å². The van der Waals surface area contributed by atoms with Crippen molar-refractivity contribution in [3.63, 3.8) is 0 Å². The summed E-state index contributed by atoms with van der Waals surface area (Å²) < 4.78 is 38.6. The molecule has 1 unspecified atom stereocenters. The lowest BCUT2D eigenvalue weighted by atomic mass is 10.0. The van der Waals surface area contributed by atoms with Gasteiger partial charge in [0.05, 0.1) is 18.5 Å². The van der Waals surface area contributed by atoms with Gasteiger partial charge in [0, 0.05) is 37.2 Å². The molecule has 1 aliphatic heterocycles. The summed E-state index contributed by atoms with van der Waals surface area (Å²) >= 11 is 0. The van der Waals surface area contributed by atoms with E-state index in [0.29, 0.717) is 28.7 Å². The summed E-state index contributed by atoms with van der Waals surface area (Å²) in [7, 11) is -2.63. The number of aromatic nitrogens is 1. The summed E-state index contributed by atoms with van der Waals surface area (Å²) in [5.41, 5.74) is 1.04. The van der Waals surface area contributed by atoms with Crippen molar-refractivity contribution in [3.05, 3.63) is 59.1 Å². The van der Waals surface area contributed by atoms with Crippen LogP contribution in [0.2, 0.25) is 0 Å². The molecule has 2 N–H and O–H groups in total. The Labute approximate surface area is 238 Å². The van der Waals surface area contributed by atoms with Gasteiger partial charge in [-0.1, -0.05) is 19.9 Å². The Hall–Kier alpha value is -3.97. The number of pyridine rings is 1. The van der Waals surface area contributed by atoms with Crippen molar-refractivity contribution in [2.75, 3.05) is 20.2 Å². The van der Waals surface area contributed by atoms with Crippen molar-refractivity contribution in [1.29, 1.82) is 0 Å². The van der Waals surface area contributed by atoms with E-state index in [1.165, 1.54) is 25.3 Å². The fourth-order valence-electron chi connectivity index (χ4n) is 4.94. The van der Waals surface area contributed by atoms with Gasteiger partial charge in [0.1, 0.15) is 17.4 Å². The number of fused-ring (bicyclic) bond motifs is 1. The van der Waals surface area contributed by atoms with Crippen LogP contribution >= 0.6 is 0 Å². The average molecular weight is 587 g/mol. The standard InChI is InChI=1S/C28H34N4O8S/c1-17(2)16-20(30-28(35)26-18(3)25-22(39-4)8-7-9-23(25)40-26)27(34)29-19-11-14-31(15-12-21(19)33)41(37,38)24-10-5-6-13-32(24)36/h5-10,13,17,19-20H,11-12,14-16H2,1-4H3,(H,29,34)(H,30,35)/t19-,20?/m0/s1. The number of hydrogen-bond donors (Lipinski definition) is 2. The van der Waals surface area contributed by atoms with Gasteiger partial charge in [-0.05, 0) is 43.9 Å². The minimum Gasteiger partial charge on any atom is -0.618 e. The Morgan fingerprint density at radius 2 is 1.95 bits per heavy atom. The largest absolute Gasteiger partial charge is 0.618 e. The molecule has 2 amide bonds. The van der Waals surface area contributed by atoms with Gasteiger partial charge in [0.25, 0.3) is 5.91 Å². The molecule has 4 rings (SSSR count). The molecule has 2 atom stereocenters. The summed E-state index contributed by atoms with van der Waals surface area (Å²) in [4.78, 5) is 39.5. The molecule has 0 saturated carbocycles. The molecule has 13 heteroatoms. The normalized spacial score (nSPS) is 17.3. The second kappa shape index (κ2) is 12.3. The number of amides is 2. The lowest BCUT2D eigenvalue weighted by Crippen LogP contribution is -2.52. The second-order valence-electron chi connectivity index (χ2n) is 10.4. The molecule has 1 fully saturated rings. The van der Waals surface area contributed by atoms with Gasteiger partial charge in [-0.15, -0.1) is 0 Å². The highest BCUT2D eigenvalue weighted by molar-refractivity contribution is 7.88. The zero-order valence-corrected chi connectivity index (χ0v) is 24.2. The van der Waals surface area contributed by atoms with Crippen LogP contribution in [0.3, 0.4) is 0 Å². The molecule has 220 valence electrons.